The first kappa shape index (κ1) is 15.6. The van der Waals surface area contributed by atoms with Gasteiger partial charge in [-0.3, -0.25) is 4.98 Å². The summed E-state index contributed by atoms with van der Waals surface area (Å²) in [5, 5.41) is 0. The van der Waals surface area contributed by atoms with Crippen molar-refractivity contribution in [2.45, 2.75) is 33.3 Å². The number of aromatic nitrogens is 1. The van der Waals surface area contributed by atoms with Crippen LogP contribution in [0.4, 0.5) is 0 Å². The molecule has 0 spiro atoms. The lowest BCUT2D eigenvalue weighted by Crippen LogP contribution is -2.03. The van der Waals surface area contributed by atoms with Gasteiger partial charge in [-0.15, -0.1) is 11.6 Å². The maximum absolute atomic E-state index is 5.95. The fraction of sp³-hybridized carbons (Fsp3) is 0.353. The lowest BCUT2D eigenvalue weighted by atomic mass is 10.1. The topological polar surface area (TPSA) is 31.4 Å². The van der Waals surface area contributed by atoms with Gasteiger partial charge in [-0.25, -0.2) is 0 Å². The van der Waals surface area contributed by atoms with Crippen LogP contribution >= 0.6 is 11.6 Å². The van der Waals surface area contributed by atoms with E-state index in [0.29, 0.717) is 12.5 Å². The Morgan fingerprint density at radius 1 is 1.05 bits per heavy atom. The second kappa shape index (κ2) is 6.81. The first-order valence-electron chi connectivity index (χ1n) is 6.84. The van der Waals surface area contributed by atoms with Crippen LogP contribution in [0, 0.1) is 20.8 Å². The molecule has 1 aromatic carbocycles. The lowest BCUT2D eigenvalue weighted by Gasteiger charge is -2.14. The van der Waals surface area contributed by atoms with Crippen LogP contribution < -0.4 is 9.47 Å². The zero-order valence-corrected chi connectivity index (χ0v) is 13.6. The molecule has 2 aromatic rings. The molecular weight excluding hydrogens is 286 g/mol. The predicted molar refractivity (Wildman–Crippen MR) is 85.3 cm³/mol. The molecule has 0 aliphatic rings. The molecule has 2 rings (SSSR count). The van der Waals surface area contributed by atoms with Crippen molar-refractivity contribution >= 4 is 11.6 Å². The maximum Gasteiger partial charge on any atom is 0.130 e. The summed E-state index contributed by atoms with van der Waals surface area (Å²) in [7, 11) is 1.65. The summed E-state index contributed by atoms with van der Waals surface area (Å²) < 4.78 is 11.2. The standard InChI is InChI=1S/C17H20ClNO2/c1-11-5-14(9-18)6-12(2)17(11)21-10-15-8-16(20-4)7-13(3)19-15/h5-8H,9-10H2,1-4H3. The third-order valence-electron chi connectivity index (χ3n) is 3.25. The van der Waals surface area contributed by atoms with Gasteiger partial charge in [-0.1, -0.05) is 12.1 Å². The van der Waals surface area contributed by atoms with E-state index >= 15 is 0 Å². The average Bonchev–Trinajstić information content (AvgIpc) is 2.45. The Morgan fingerprint density at radius 3 is 2.29 bits per heavy atom. The van der Waals surface area contributed by atoms with Crippen LogP contribution in [0.15, 0.2) is 24.3 Å². The van der Waals surface area contributed by atoms with Crippen LogP contribution in [0.5, 0.6) is 11.5 Å². The monoisotopic (exact) mass is 305 g/mol. The van der Waals surface area contributed by atoms with E-state index in [1.165, 1.54) is 0 Å². The summed E-state index contributed by atoms with van der Waals surface area (Å²) in [6.07, 6.45) is 0. The molecule has 1 heterocycles. The third kappa shape index (κ3) is 3.88. The average molecular weight is 306 g/mol. The molecule has 0 N–H and O–H groups in total. The molecule has 0 saturated carbocycles. The van der Waals surface area contributed by atoms with Gasteiger partial charge in [-0.05, 0) is 37.5 Å². The second-order valence-electron chi connectivity index (χ2n) is 5.12. The molecule has 4 heteroatoms. The number of halogens is 1. The molecular formula is C17H20ClNO2. The summed E-state index contributed by atoms with van der Waals surface area (Å²) in [6, 6.07) is 7.90. The number of rotatable bonds is 5. The molecule has 0 saturated heterocycles. The number of hydrogen-bond acceptors (Lipinski definition) is 3. The van der Waals surface area contributed by atoms with E-state index in [1.54, 1.807) is 7.11 Å². The van der Waals surface area contributed by atoms with Crippen LogP contribution in [-0.4, -0.2) is 12.1 Å². The quantitative estimate of drug-likeness (QED) is 0.770. The van der Waals surface area contributed by atoms with Crippen molar-refractivity contribution in [2.24, 2.45) is 0 Å². The molecule has 112 valence electrons. The SMILES string of the molecule is COc1cc(C)nc(COc2c(C)cc(CCl)cc2C)c1. The van der Waals surface area contributed by atoms with Gasteiger partial charge in [0.15, 0.2) is 0 Å². The van der Waals surface area contributed by atoms with Crippen LogP contribution in [0.3, 0.4) is 0 Å². The zero-order chi connectivity index (χ0) is 15.4. The normalized spacial score (nSPS) is 10.5. The van der Waals surface area contributed by atoms with Gasteiger partial charge >= 0.3 is 0 Å². The van der Waals surface area contributed by atoms with E-state index in [-0.39, 0.29) is 0 Å². The molecule has 0 fully saturated rings. The van der Waals surface area contributed by atoms with Gasteiger partial charge in [0.1, 0.15) is 18.1 Å². The smallest absolute Gasteiger partial charge is 0.130 e. The Hall–Kier alpha value is -1.74. The Morgan fingerprint density at radius 2 is 1.71 bits per heavy atom. The summed E-state index contributed by atoms with van der Waals surface area (Å²) in [6.45, 7) is 6.42. The van der Waals surface area contributed by atoms with Crippen molar-refractivity contribution in [1.82, 2.24) is 4.98 Å². The molecule has 21 heavy (non-hydrogen) atoms. The Kier molecular flexibility index (Phi) is 5.07. The number of pyridine rings is 1. The number of hydrogen-bond donors (Lipinski definition) is 0. The van der Waals surface area contributed by atoms with Crippen molar-refractivity contribution < 1.29 is 9.47 Å². The van der Waals surface area contributed by atoms with Crippen molar-refractivity contribution in [3.63, 3.8) is 0 Å². The van der Waals surface area contributed by atoms with Gasteiger partial charge in [0.05, 0.1) is 12.8 Å². The van der Waals surface area contributed by atoms with Crippen molar-refractivity contribution in [2.75, 3.05) is 7.11 Å². The summed E-state index contributed by atoms with van der Waals surface area (Å²) in [4.78, 5) is 4.46. The molecule has 3 nitrogen and oxygen atoms in total. The van der Waals surface area contributed by atoms with Gasteiger partial charge in [0.25, 0.3) is 0 Å². The van der Waals surface area contributed by atoms with Crippen LogP contribution in [0.2, 0.25) is 0 Å². The second-order valence-corrected chi connectivity index (χ2v) is 5.39. The number of ether oxygens (including phenoxy) is 2. The van der Waals surface area contributed by atoms with Gasteiger partial charge in [0.2, 0.25) is 0 Å². The van der Waals surface area contributed by atoms with Crippen molar-refractivity contribution in [3.8, 4) is 11.5 Å². The maximum atomic E-state index is 5.95. The number of methoxy groups -OCH3 is 1. The predicted octanol–water partition coefficient (Wildman–Crippen LogP) is 4.33. The van der Waals surface area contributed by atoms with Crippen molar-refractivity contribution in [3.05, 3.63) is 52.3 Å². The largest absolute Gasteiger partial charge is 0.497 e. The summed E-state index contributed by atoms with van der Waals surface area (Å²) in [5.41, 5.74) is 5.05. The highest BCUT2D eigenvalue weighted by Crippen LogP contribution is 2.26. The number of alkyl halides is 1. The van der Waals surface area contributed by atoms with E-state index in [4.69, 9.17) is 21.1 Å². The van der Waals surface area contributed by atoms with E-state index in [9.17, 15) is 0 Å². The molecule has 0 bridgehead atoms. The van der Waals surface area contributed by atoms with Crippen LogP contribution in [0.25, 0.3) is 0 Å². The fourth-order valence-corrected chi connectivity index (χ4v) is 2.54. The number of nitrogens with zero attached hydrogens (tertiary/aromatic N) is 1. The highest BCUT2D eigenvalue weighted by molar-refractivity contribution is 6.17. The Bertz CT molecular complexity index is 618. The number of aryl methyl sites for hydroxylation is 3. The lowest BCUT2D eigenvalue weighted by molar-refractivity contribution is 0.295. The van der Waals surface area contributed by atoms with Gasteiger partial charge < -0.3 is 9.47 Å². The summed E-state index contributed by atoms with van der Waals surface area (Å²) in [5.74, 6) is 2.21. The highest BCUT2D eigenvalue weighted by atomic mass is 35.5. The first-order chi connectivity index (χ1) is 10.0. The van der Waals surface area contributed by atoms with Crippen LogP contribution in [0.1, 0.15) is 28.1 Å². The highest BCUT2D eigenvalue weighted by Gasteiger charge is 2.08. The van der Waals surface area contributed by atoms with E-state index in [0.717, 1.165) is 39.6 Å². The molecule has 0 unspecified atom stereocenters. The number of benzene rings is 1. The van der Waals surface area contributed by atoms with E-state index < -0.39 is 0 Å². The fourth-order valence-electron chi connectivity index (χ4n) is 2.39. The zero-order valence-electron chi connectivity index (χ0n) is 12.9. The molecule has 1 aromatic heterocycles. The molecule has 0 aliphatic heterocycles. The van der Waals surface area contributed by atoms with Gasteiger partial charge in [-0.2, -0.15) is 0 Å². The summed E-state index contributed by atoms with van der Waals surface area (Å²) >= 11 is 5.88. The van der Waals surface area contributed by atoms with Crippen molar-refractivity contribution in [1.29, 1.82) is 0 Å². The first-order valence-corrected chi connectivity index (χ1v) is 7.37. The van der Waals surface area contributed by atoms with E-state index in [1.807, 2.05) is 32.9 Å². The van der Waals surface area contributed by atoms with E-state index in [2.05, 4.69) is 17.1 Å². The van der Waals surface area contributed by atoms with Gasteiger partial charge in [0, 0.05) is 23.7 Å². The molecule has 0 radical (unpaired) electrons. The molecule has 0 amide bonds. The molecule has 0 atom stereocenters. The van der Waals surface area contributed by atoms with Crippen LogP contribution in [-0.2, 0) is 12.5 Å². The minimum Gasteiger partial charge on any atom is -0.497 e. The Labute approximate surface area is 130 Å². The minimum atomic E-state index is 0.417. The molecule has 0 aliphatic carbocycles. The third-order valence-corrected chi connectivity index (χ3v) is 3.56. The minimum absolute atomic E-state index is 0.417. The Balaban J connectivity index is 2.18.